The summed E-state index contributed by atoms with van der Waals surface area (Å²) >= 11 is 0. The van der Waals surface area contributed by atoms with Crippen molar-refractivity contribution in [3.8, 4) is 5.75 Å². The molecule has 2 aliphatic heterocycles. The minimum absolute atomic E-state index is 0.0178. The monoisotopic (exact) mass is 427 g/mol. The summed E-state index contributed by atoms with van der Waals surface area (Å²) in [4.78, 5) is 6.27. The Bertz CT molecular complexity index is 817. The molecule has 1 saturated heterocycles. The molecule has 6 nitrogen and oxygen atoms in total. The lowest BCUT2D eigenvalue weighted by molar-refractivity contribution is -0.174. The van der Waals surface area contributed by atoms with Crippen molar-refractivity contribution < 1.29 is 22.3 Å². The van der Waals surface area contributed by atoms with Crippen molar-refractivity contribution in [2.45, 2.75) is 43.9 Å². The van der Waals surface area contributed by atoms with Gasteiger partial charge in [-0.15, -0.1) is 0 Å². The lowest BCUT2D eigenvalue weighted by atomic mass is 9.85. The zero-order valence-corrected chi connectivity index (χ0v) is 16.5. The van der Waals surface area contributed by atoms with Crippen molar-refractivity contribution in [2.24, 2.45) is 5.92 Å². The van der Waals surface area contributed by atoms with Gasteiger partial charge in [0.1, 0.15) is 17.9 Å². The van der Waals surface area contributed by atoms with E-state index >= 15 is 0 Å². The number of nitrogens with one attached hydrogen (secondary N) is 1. The molecule has 2 aliphatic rings. The first kappa shape index (κ1) is 20.9. The van der Waals surface area contributed by atoms with Crippen LogP contribution in [0.4, 0.5) is 23.5 Å². The Morgan fingerprint density at radius 2 is 1.87 bits per heavy atom. The topological polar surface area (TPSA) is 55.2 Å². The third-order valence-corrected chi connectivity index (χ3v) is 5.94. The Labute approximate surface area is 172 Å². The number of nitrogens with zero attached hydrogens (tertiary/aromatic N) is 4. The number of hydrogen-bond donors (Lipinski definition) is 1. The largest absolute Gasteiger partial charge is 0.494 e. The predicted octanol–water partition coefficient (Wildman–Crippen LogP) is 3.89. The number of halogens is 4. The van der Waals surface area contributed by atoms with Gasteiger partial charge in [-0.05, 0) is 69.0 Å². The average Bonchev–Trinajstić information content (AvgIpc) is 3.20. The Morgan fingerprint density at radius 3 is 2.57 bits per heavy atom. The summed E-state index contributed by atoms with van der Waals surface area (Å²) in [6.45, 7) is 3.11. The molecule has 1 aromatic carbocycles. The van der Waals surface area contributed by atoms with Crippen LogP contribution in [-0.2, 0) is 0 Å². The van der Waals surface area contributed by atoms with Gasteiger partial charge in [0.2, 0.25) is 5.95 Å². The van der Waals surface area contributed by atoms with Crippen molar-refractivity contribution in [1.29, 1.82) is 0 Å². The summed E-state index contributed by atoms with van der Waals surface area (Å²) in [7, 11) is 0. The molecule has 0 saturated carbocycles. The molecule has 4 rings (SSSR count). The van der Waals surface area contributed by atoms with E-state index in [0.717, 1.165) is 43.6 Å². The third-order valence-electron chi connectivity index (χ3n) is 5.94. The first-order valence-corrected chi connectivity index (χ1v) is 10.2. The molecule has 3 heterocycles. The second-order valence-electron chi connectivity index (χ2n) is 7.91. The SMILES string of the molecule is Fc1ccc(OCCCN2CCC([C@@H]3C[C@H](C(F)(F)F)n4ncnc4N3)CC2)cc1. The van der Waals surface area contributed by atoms with Crippen LogP contribution in [0.3, 0.4) is 0 Å². The van der Waals surface area contributed by atoms with E-state index in [4.69, 9.17) is 4.74 Å². The van der Waals surface area contributed by atoms with Crippen LogP contribution < -0.4 is 10.1 Å². The van der Waals surface area contributed by atoms with E-state index in [2.05, 4.69) is 20.3 Å². The molecule has 1 fully saturated rings. The number of rotatable bonds is 6. The van der Waals surface area contributed by atoms with Crippen molar-refractivity contribution in [3.63, 3.8) is 0 Å². The number of alkyl halides is 3. The molecule has 0 spiro atoms. The highest BCUT2D eigenvalue weighted by Gasteiger charge is 2.47. The Hall–Kier alpha value is -2.36. The summed E-state index contributed by atoms with van der Waals surface area (Å²) < 4.78 is 59.8. The van der Waals surface area contributed by atoms with Crippen LogP contribution in [0.5, 0.6) is 5.75 Å². The fourth-order valence-electron chi connectivity index (χ4n) is 4.32. The Morgan fingerprint density at radius 1 is 1.13 bits per heavy atom. The molecule has 30 heavy (non-hydrogen) atoms. The fraction of sp³-hybridized carbons (Fsp3) is 0.600. The summed E-state index contributed by atoms with van der Waals surface area (Å²) in [5.41, 5.74) is 0. The summed E-state index contributed by atoms with van der Waals surface area (Å²) in [6, 6.07) is 4.07. The van der Waals surface area contributed by atoms with E-state index in [1.807, 2.05) is 0 Å². The maximum absolute atomic E-state index is 13.5. The van der Waals surface area contributed by atoms with E-state index in [0.29, 0.717) is 12.4 Å². The van der Waals surface area contributed by atoms with Gasteiger partial charge in [-0.25, -0.2) is 9.07 Å². The standard InChI is InChI=1S/C20H25F4N5O/c21-15-2-4-16(5-3-15)30-11-1-8-28-9-6-14(7-10-28)17-12-18(20(22,23)24)29-19(27-17)25-13-26-29/h2-5,13-14,17-18H,1,6-12H2,(H,25,26,27)/t17-,18+/m0/s1. The average molecular weight is 427 g/mol. The van der Waals surface area contributed by atoms with Crippen LogP contribution >= 0.6 is 0 Å². The zero-order chi connectivity index (χ0) is 21.1. The smallest absolute Gasteiger partial charge is 0.411 e. The maximum atomic E-state index is 13.5. The van der Waals surface area contributed by atoms with Crippen molar-refractivity contribution in [3.05, 3.63) is 36.4 Å². The molecule has 2 aromatic rings. The summed E-state index contributed by atoms with van der Waals surface area (Å²) in [6.07, 6.45) is -0.669. The highest BCUT2D eigenvalue weighted by Crippen LogP contribution is 2.41. The van der Waals surface area contributed by atoms with Gasteiger partial charge < -0.3 is 15.0 Å². The van der Waals surface area contributed by atoms with E-state index in [1.165, 1.54) is 18.5 Å². The maximum Gasteiger partial charge on any atom is 0.411 e. The number of aromatic nitrogens is 3. The highest BCUT2D eigenvalue weighted by molar-refractivity contribution is 5.30. The van der Waals surface area contributed by atoms with E-state index < -0.39 is 12.2 Å². The van der Waals surface area contributed by atoms with Gasteiger partial charge in [0.15, 0.2) is 6.04 Å². The second-order valence-corrected chi connectivity index (χ2v) is 7.91. The lowest BCUT2D eigenvalue weighted by Gasteiger charge is -2.40. The molecular weight excluding hydrogens is 402 g/mol. The number of anilines is 1. The van der Waals surface area contributed by atoms with Gasteiger partial charge in [0.05, 0.1) is 6.61 Å². The van der Waals surface area contributed by atoms with Crippen molar-refractivity contribution in [1.82, 2.24) is 19.7 Å². The first-order valence-electron chi connectivity index (χ1n) is 10.2. The molecule has 1 aromatic heterocycles. The van der Waals surface area contributed by atoms with Crippen molar-refractivity contribution in [2.75, 3.05) is 31.6 Å². The van der Waals surface area contributed by atoms with Gasteiger partial charge in [0.25, 0.3) is 0 Å². The predicted molar refractivity (Wildman–Crippen MR) is 103 cm³/mol. The Balaban J connectivity index is 1.22. The molecule has 0 bridgehead atoms. The number of fused-ring (bicyclic) bond motifs is 1. The molecule has 0 amide bonds. The molecule has 0 radical (unpaired) electrons. The quantitative estimate of drug-likeness (QED) is 0.560. The Kier molecular flexibility index (Phi) is 6.12. The van der Waals surface area contributed by atoms with Gasteiger partial charge in [-0.3, -0.25) is 0 Å². The number of likely N-dealkylation sites (tertiary alicyclic amines) is 1. The number of benzene rings is 1. The third kappa shape index (κ3) is 4.85. The number of hydrogen-bond acceptors (Lipinski definition) is 5. The summed E-state index contributed by atoms with van der Waals surface area (Å²) in [5, 5.41) is 6.91. The molecule has 164 valence electrons. The molecule has 0 aliphatic carbocycles. The number of ether oxygens (including phenoxy) is 1. The van der Waals surface area contributed by atoms with Crippen LogP contribution in [0.15, 0.2) is 30.6 Å². The molecular formula is C20H25F4N5O. The first-order chi connectivity index (χ1) is 14.4. The van der Waals surface area contributed by atoms with E-state index in [9.17, 15) is 17.6 Å². The van der Waals surface area contributed by atoms with Crippen LogP contribution in [0, 0.1) is 11.7 Å². The van der Waals surface area contributed by atoms with Gasteiger partial charge in [-0.2, -0.15) is 23.3 Å². The highest BCUT2D eigenvalue weighted by atomic mass is 19.4. The van der Waals surface area contributed by atoms with Gasteiger partial charge in [-0.1, -0.05) is 0 Å². The normalized spacial score (nSPS) is 23.1. The molecule has 0 unspecified atom stereocenters. The second kappa shape index (κ2) is 8.79. The fourth-order valence-corrected chi connectivity index (χ4v) is 4.32. The minimum atomic E-state index is -4.34. The van der Waals surface area contributed by atoms with Gasteiger partial charge >= 0.3 is 6.18 Å². The van der Waals surface area contributed by atoms with Crippen molar-refractivity contribution >= 4 is 5.95 Å². The van der Waals surface area contributed by atoms with Gasteiger partial charge in [0, 0.05) is 12.6 Å². The molecule has 1 N–H and O–H groups in total. The zero-order valence-electron chi connectivity index (χ0n) is 16.5. The summed E-state index contributed by atoms with van der Waals surface area (Å²) in [5.74, 6) is 0.728. The van der Waals surface area contributed by atoms with Crippen LogP contribution in [-0.4, -0.2) is 58.1 Å². The lowest BCUT2D eigenvalue weighted by Crippen LogP contribution is -2.46. The van der Waals surface area contributed by atoms with Crippen LogP contribution in [0.2, 0.25) is 0 Å². The van der Waals surface area contributed by atoms with E-state index in [-0.39, 0.29) is 30.1 Å². The molecule has 10 heteroatoms. The molecule has 2 atom stereocenters. The van der Waals surface area contributed by atoms with E-state index in [1.54, 1.807) is 12.1 Å². The minimum Gasteiger partial charge on any atom is -0.494 e. The van der Waals surface area contributed by atoms with Crippen LogP contribution in [0.1, 0.15) is 31.7 Å². The van der Waals surface area contributed by atoms with Crippen LogP contribution in [0.25, 0.3) is 0 Å². The number of piperidine rings is 1.